The van der Waals surface area contributed by atoms with Crippen LogP contribution in [0.3, 0.4) is 0 Å². The minimum absolute atomic E-state index is 0.279. The summed E-state index contributed by atoms with van der Waals surface area (Å²) in [7, 11) is 0.987. The molecule has 1 aromatic carbocycles. The molecule has 0 saturated heterocycles. The van der Waals surface area contributed by atoms with Crippen LogP contribution in [0.15, 0.2) is 6.07 Å². The first-order valence-electron chi connectivity index (χ1n) is 4.92. The monoisotopic (exact) mass is 342 g/mol. The number of hydrogen-bond donors (Lipinski definition) is 2. The number of ether oxygens (including phenoxy) is 1. The zero-order valence-electron chi connectivity index (χ0n) is 10.1. The molecule has 21 heavy (non-hydrogen) atoms. The second-order valence-electron chi connectivity index (χ2n) is 3.31. The van der Waals surface area contributed by atoms with Gasteiger partial charge in [0.25, 0.3) is 0 Å². The molecule has 0 atom stereocenters. The Balaban J connectivity index is 3.47. The van der Waals surface area contributed by atoms with E-state index < -0.39 is 46.1 Å². The fraction of sp³-hybridized carbons (Fsp3) is 0.200. The Hall–Kier alpha value is -1.83. The molecule has 6 nitrogen and oxygen atoms in total. The number of nitriles is 1. The number of alkyl halides is 3. The Labute approximate surface area is 125 Å². The molecule has 114 valence electrons. The molecular weight excluding hydrogens is 337 g/mol. The predicted molar refractivity (Wildman–Crippen MR) is 67.2 cm³/mol. The average Bonchev–Trinajstić information content (AvgIpc) is 2.42. The van der Waals surface area contributed by atoms with Crippen LogP contribution in [-0.4, -0.2) is 23.8 Å². The molecule has 0 aromatic heterocycles. The van der Waals surface area contributed by atoms with Crippen LogP contribution < -0.4 is 9.66 Å². The van der Waals surface area contributed by atoms with Gasteiger partial charge in [-0.05, 0) is 6.07 Å². The van der Waals surface area contributed by atoms with E-state index in [1.54, 1.807) is 6.07 Å². The summed E-state index contributed by atoms with van der Waals surface area (Å²) in [4.78, 5) is 11.5. The van der Waals surface area contributed by atoms with Gasteiger partial charge in [-0.15, -0.1) is 0 Å². The van der Waals surface area contributed by atoms with Gasteiger partial charge >= 0.3 is 11.5 Å². The van der Waals surface area contributed by atoms with Crippen molar-refractivity contribution in [2.24, 2.45) is 0 Å². The second-order valence-corrected chi connectivity index (χ2v) is 4.52. The zero-order valence-corrected chi connectivity index (χ0v) is 11.7. The summed E-state index contributed by atoms with van der Waals surface area (Å²) in [6.45, 7) is 0. The predicted octanol–water partition coefficient (Wildman–Crippen LogP) is 3.35. The van der Waals surface area contributed by atoms with Crippen molar-refractivity contribution in [1.29, 1.82) is 5.26 Å². The number of carbonyl (C=O) groups is 1. The van der Waals surface area contributed by atoms with E-state index in [0.717, 1.165) is 13.2 Å². The van der Waals surface area contributed by atoms with Crippen LogP contribution in [-0.2, 0) is 4.74 Å². The van der Waals surface area contributed by atoms with Crippen LogP contribution in [0.5, 0.6) is 5.75 Å². The van der Waals surface area contributed by atoms with Gasteiger partial charge in [0.15, 0.2) is 17.8 Å². The van der Waals surface area contributed by atoms with E-state index in [9.17, 15) is 18.0 Å². The number of benzene rings is 1. The molecule has 0 unspecified atom stereocenters. The maximum absolute atomic E-state index is 12.2. The number of halogens is 4. The van der Waals surface area contributed by atoms with Crippen LogP contribution in [0.25, 0.3) is 0 Å². The van der Waals surface area contributed by atoms with Crippen LogP contribution in [0.2, 0.25) is 5.02 Å². The minimum Gasteiger partial charge on any atom is -0.465 e. The molecule has 0 aliphatic rings. The first-order valence-corrected chi connectivity index (χ1v) is 6.04. The lowest BCUT2D eigenvalue weighted by Gasteiger charge is -2.15. The molecule has 0 saturated carbocycles. The Morgan fingerprint density at radius 3 is 2.62 bits per heavy atom. The summed E-state index contributed by atoms with van der Waals surface area (Å²) >= 11 is 4.78. The number of esters is 1. The van der Waals surface area contributed by atoms with Gasteiger partial charge in [0, 0.05) is 0 Å². The SMILES string of the molecule is COC(=O)c1cc(Cl)c(C#N)c(NO)c1OSC(F)(F)F. The third-order valence-electron chi connectivity index (χ3n) is 2.08. The van der Waals surface area contributed by atoms with Gasteiger partial charge in [0.1, 0.15) is 17.3 Å². The van der Waals surface area contributed by atoms with Gasteiger partial charge in [-0.2, -0.15) is 18.4 Å². The maximum atomic E-state index is 12.2. The first-order chi connectivity index (χ1) is 9.75. The Kier molecular flexibility index (Phi) is 5.54. The summed E-state index contributed by atoms with van der Waals surface area (Å²) in [5.41, 5.74) is -4.75. The van der Waals surface area contributed by atoms with Gasteiger partial charge in [0.05, 0.1) is 17.7 Å². The lowest BCUT2D eigenvalue weighted by Crippen LogP contribution is -2.10. The molecule has 0 aliphatic heterocycles. The van der Waals surface area contributed by atoms with Gasteiger partial charge in [-0.3, -0.25) is 10.7 Å². The fourth-order valence-electron chi connectivity index (χ4n) is 1.29. The van der Waals surface area contributed by atoms with Crippen molar-refractivity contribution in [2.45, 2.75) is 5.51 Å². The molecular formula is C10H6ClF3N2O4S. The van der Waals surface area contributed by atoms with Gasteiger partial charge < -0.3 is 8.92 Å². The summed E-state index contributed by atoms with van der Waals surface area (Å²) in [6, 6.07) is 2.46. The van der Waals surface area contributed by atoms with Crippen molar-refractivity contribution in [3.63, 3.8) is 0 Å². The zero-order chi connectivity index (χ0) is 16.2. The molecule has 0 amide bonds. The molecule has 1 rings (SSSR count). The van der Waals surface area contributed by atoms with Crippen molar-refractivity contribution in [2.75, 3.05) is 12.6 Å². The van der Waals surface area contributed by atoms with Crippen LogP contribution in [0.1, 0.15) is 15.9 Å². The molecule has 2 N–H and O–H groups in total. The van der Waals surface area contributed by atoms with E-state index in [0.29, 0.717) is 0 Å². The standard InChI is InChI=1S/C10H6ClF3N2O4S/c1-19-9(17)4-2-6(11)5(3-15)7(16-18)8(4)20-21-10(12,13)14/h2,16,18H,1H3. The molecule has 0 heterocycles. The number of carbonyl (C=O) groups excluding carboxylic acids is 1. The highest BCUT2D eigenvalue weighted by Crippen LogP contribution is 2.42. The van der Waals surface area contributed by atoms with Crippen LogP contribution in [0.4, 0.5) is 18.9 Å². The lowest BCUT2D eigenvalue weighted by molar-refractivity contribution is -0.0370. The van der Waals surface area contributed by atoms with E-state index >= 15 is 0 Å². The summed E-state index contributed by atoms with van der Waals surface area (Å²) < 4.78 is 45.4. The van der Waals surface area contributed by atoms with E-state index in [4.69, 9.17) is 22.1 Å². The summed E-state index contributed by atoms with van der Waals surface area (Å²) in [5.74, 6) is -1.79. The first kappa shape index (κ1) is 17.2. The van der Waals surface area contributed by atoms with E-state index in [2.05, 4.69) is 8.92 Å². The molecule has 11 heteroatoms. The number of hydrogen-bond acceptors (Lipinski definition) is 7. The number of rotatable bonds is 4. The van der Waals surface area contributed by atoms with Crippen LogP contribution >= 0.6 is 23.6 Å². The van der Waals surface area contributed by atoms with Crippen molar-refractivity contribution in [3.8, 4) is 11.8 Å². The molecule has 1 aromatic rings. The molecule has 0 bridgehead atoms. The summed E-state index contributed by atoms with van der Waals surface area (Å²) in [6.07, 6.45) is 0. The number of nitrogens with one attached hydrogen (secondary N) is 1. The normalized spacial score (nSPS) is 10.7. The highest BCUT2D eigenvalue weighted by atomic mass is 35.5. The largest absolute Gasteiger partial charge is 0.479 e. The molecule has 0 aliphatic carbocycles. The Morgan fingerprint density at radius 1 is 1.57 bits per heavy atom. The topological polar surface area (TPSA) is 91.6 Å². The smallest absolute Gasteiger partial charge is 0.465 e. The quantitative estimate of drug-likeness (QED) is 0.492. The van der Waals surface area contributed by atoms with E-state index in [-0.39, 0.29) is 5.02 Å². The van der Waals surface area contributed by atoms with Gasteiger partial charge in [-0.1, -0.05) is 11.6 Å². The Bertz CT molecular complexity index is 603. The third kappa shape index (κ3) is 4.07. The lowest BCUT2D eigenvalue weighted by atomic mass is 10.1. The summed E-state index contributed by atoms with van der Waals surface area (Å²) in [5, 5.41) is 17.6. The van der Waals surface area contributed by atoms with Crippen molar-refractivity contribution in [3.05, 3.63) is 22.2 Å². The maximum Gasteiger partial charge on any atom is 0.479 e. The number of anilines is 1. The molecule has 0 fully saturated rings. The fourth-order valence-corrected chi connectivity index (χ4v) is 1.88. The van der Waals surface area contributed by atoms with Crippen molar-refractivity contribution >= 4 is 35.3 Å². The highest BCUT2D eigenvalue weighted by molar-refractivity contribution is 7.95. The van der Waals surface area contributed by atoms with E-state index in [1.807, 2.05) is 0 Å². The van der Waals surface area contributed by atoms with Gasteiger partial charge in [-0.25, -0.2) is 4.79 Å². The number of methoxy groups -OCH3 is 1. The Morgan fingerprint density at radius 2 is 2.19 bits per heavy atom. The molecule has 0 radical (unpaired) electrons. The second kappa shape index (κ2) is 6.75. The van der Waals surface area contributed by atoms with Crippen molar-refractivity contribution < 1.29 is 32.1 Å². The van der Waals surface area contributed by atoms with Gasteiger partial charge in [0.2, 0.25) is 0 Å². The third-order valence-corrected chi connectivity index (χ3v) is 2.82. The van der Waals surface area contributed by atoms with Crippen LogP contribution in [0, 0.1) is 11.3 Å². The highest BCUT2D eigenvalue weighted by Gasteiger charge is 2.34. The molecule has 0 spiro atoms. The number of nitrogens with zero attached hydrogens (tertiary/aromatic N) is 1. The van der Waals surface area contributed by atoms with E-state index in [1.165, 1.54) is 5.48 Å². The average molecular weight is 343 g/mol. The minimum atomic E-state index is -4.77. The van der Waals surface area contributed by atoms with Crippen molar-refractivity contribution in [1.82, 2.24) is 0 Å².